The van der Waals surface area contributed by atoms with Crippen molar-refractivity contribution in [2.45, 2.75) is 19.4 Å². The lowest BCUT2D eigenvalue weighted by atomic mass is 10.0. The Hall–Kier alpha value is -2.95. The van der Waals surface area contributed by atoms with Gasteiger partial charge in [-0.15, -0.1) is 0 Å². The number of fused-ring (bicyclic) bond motifs is 1. The molecule has 0 radical (unpaired) electrons. The summed E-state index contributed by atoms with van der Waals surface area (Å²) in [5.41, 5.74) is 1.60. The van der Waals surface area contributed by atoms with Crippen molar-refractivity contribution in [1.82, 2.24) is 14.9 Å². The van der Waals surface area contributed by atoms with Crippen LogP contribution in [0.1, 0.15) is 18.4 Å². The second-order valence-corrected chi connectivity index (χ2v) is 5.81. The summed E-state index contributed by atoms with van der Waals surface area (Å²) in [6, 6.07) is 17.1. The molecule has 0 aliphatic rings. The molecule has 0 saturated heterocycles. The van der Waals surface area contributed by atoms with Crippen molar-refractivity contribution in [2.75, 3.05) is 6.54 Å². The maximum atomic E-state index is 12.4. The van der Waals surface area contributed by atoms with Gasteiger partial charge >= 0.3 is 0 Å². The lowest BCUT2D eigenvalue weighted by Gasteiger charge is -2.13. The van der Waals surface area contributed by atoms with E-state index in [9.17, 15) is 9.59 Å². The predicted molar refractivity (Wildman–Crippen MR) is 93.9 cm³/mol. The topological polar surface area (TPSA) is 64.0 Å². The average molecular weight is 321 g/mol. The largest absolute Gasteiger partial charge is 0.354 e. The van der Waals surface area contributed by atoms with Crippen LogP contribution in [-0.4, -0.2) is 22.0 Å². The first-order chi connectivity index (χ1) is 11.6. The highest BCUT2D eigenvalue weighted by molar-refractivity contribution is 5.78. The van der Waals surface area contributed by atoms with Crippen molar-refractivity contribution < 1.29 is 4.79 Å². The summed E-state index contributed by atoms with van der Waals surface area (Å²) in [5, 5.41) is 3.40. The van der Waals surface area contributed by atoms with Crippen LogP contribution < -0.4 is 10.9 Å². The Morgan fingerprint density at radius 2 is 1.83 bits per heavy atom. The molecule has 5 heteroatoms. The molecule has 3 aromatic rings. The minimum Gasteiger partial charge on any atom is -0.354 e. The van der Waals surface area contributed by atoms with Gasteiger partial charge in [0.1, 0.15) is 6.54 Å². The number of carbonyl (C=O) groups is 1. The van der Waals surface area contributed by atoms with Gasteiger partial charge in [-0.1, -0.05) is 49.4 Å². The fourth-order valence-corrected chi connectivity index (χ4v) is 2.60. The fraction of sp³-hybridized carbons (Fsp3) is 0.211. The van der Waals surface area contributed by atoms with E-state index in [-0.39, 0.29) is 23.9 Å². The molecule has 1 atom stereocenters. The van der Waals surface area contributed by atoms with Crippen LogP contribution in [-0.2, 0) is 11.3 Å². The normalized spacial score (nSPS) is 12.0. The smallest absolute Gasteiger partial charge is 0.261 e. The molecule has 0 saturated carbocycles. The molecule has 1 N–H and O–H groups in total. The molecule has 0 aliphatic carbocycles. The molecule has 1 heterocycles. The summed E-state index contributed by atoms with van der Waals surface area (Å²) in [7, 11) is 0. The van der Waals surface area contributed by atoms with Gasteiger partial charge in [0.05, 0.1) is 17.2 Å². The second kappa shape index (κ2) is 7.08. The van der Waals surface area contributed by atoms with E-state index in [1.807, 2.05) is 36.4 Å². The Labute approximate surface area is 140 Å². The zero-order valence-electron chi connectivity index (χ0n) is 13.5. The van der Waals surface area contributed by atoms with Crippen LogP contribution in [0.15, 0.2) is 65.7 Å². The van der Waals surface area contributed by atoms with E-state index < -0.39 is 0 Å². The Balaban J connectivity index is 1.65. The van der Waals surface area contributed by atoms with E-state index in [1.165, 1.54) is 16.5 Å². The monoisotopic (exact) mass is 321 g/mol. The van der Waals surface area contributed by atoms with Gasteiger partial charge in [-0.3, -0.25) is 14.2 Å². The maximum Gasteiger partial charge on any atom is 0.261 e. The van der Waals surface area contributed by atoms with E-state index in [4.69, 9.17) is 0 Å². The number of carbonyl (C=O) groups excluding carboxylic acids is 1. The summed E-state index contributed by atoms with van der Waals surface area (Å²) in [6.45, 7) is 2.55. The van der Waals surface area contributed by atoms with Gasteiger partial charge in [0.2, 0.25) is 5.91 Å². The first kappa shape index (κ1) is 15.9. The molecule has 0 unspecified atom stereocenters. The van der Waals surface area contributed by atoms with Crippen molar-refractivity contribution in [1.29, 1.82) is 0 Å². The first-order valence-corrected chi connectivity index (χ1v) is 7.91. The number of para-hydroxylation sites is 1. The molecule has 0 fully saturated rings. The standard InChI is InChI=1S/C19H19N3O2/c1-14(15-7-3-2-4-8-15)11-20-18(23)12-22-13-21-17-10-6-5-9-16(17)19(22)24/h2-10,13-14H,11-12H2,1H3,(H,20,23)/t14-/m0/s1. The molecule has 2 aromatic carbocycles. The third-order valence-corrected chi connectivity index (χ3v) is 4.02. The van der Waals surface area contributed by atoms with E-state index in [2.05, 4.69) is 17.2 Å². The van der Waals surface area contributed by atoms with E-state index >= 15 is 0 Å². The Bertz CT molecular complexity index is 903. The fourth-order valence-electron chi connectivity index (χ4n) is 2.60. The number of nitrogens with one attached hydrogen (secondary N) is 1. The summed E-state index contributed by atoms with van der Waals surface area (Å²) >= 11 is 0. The average Bonchev–Trinajstić information content (AvgIpc) is 2.63. The Morgan fingerprint density at radius 1 is 1.12 bits per heavy atom. The highest BCUT2D eigenvalue weighted by Crippen LogP contribution is 2.12. The van der Waals surface area contributed by atoms with Gasteiger partial charge in [0.25, 0.3) is 5.56 Å². The van der Waals surface area contributed by atoms with Crippen molar-refractivity contribution in [3.63, 3.8) is 0 Å². The van der Waals surface area contributed by atoms with Crippen LogP contribution in [0.5, 0.6) is 0 Å². The summed E-state index contributed by atoms with van der Waals surface area (Å²) in [6.07, 6.45) is 1.42. The zero-order valence-corrected chi connectivity index (χ0v) is 13.5. The number of amides is 1. The second-order valence-electron chi connectivity index (χ2n) is 5.81. The summed E-state index contributed by atoms with van der Waals surface area (Å²) < 4.78 is 1.34. The van der Waals surface area contributed by atoms with Crippen molar-refractivity contribution in [3.05, 3.63) is 76.8 Å². The van der Waals surface area contributed by atoms with Crippen molar-refractivity contribution in [2.24, 2.45) is 0 Å². The highest BCUT2D eigenvalue weighted by atomic mass is 16.2. The zero-order chi connectivity index (χ0) is 16.9. The van der Waals surface area contributed by atoms with Gasteiger partial charge in [0.15, 0.2) is 0 Å². The minimum atomic E-state index is -0.202. The van der Waals surface area contributed by atoms with Gasteiger partial charge in [-0.25, -0.2) is 4.98 Å². The predicted octanol–water partition coefficient (Wildman–Crippen LogP) is 2.32. The number of benzene rings is 2. The molecule has 0 aliphatic heterocycles. The van der Waals surface area contributed by atoms with Crippen LogP contribution in [0.3, 0.4) is 0 Å². The number of rotatable bonds is 5. The van der Waals surface area contributed by atoms with Gasteiger partial charge < -0.3 is 5.32 Å². The lowest BCUT2D eigenvalue weighted by Crippen LogP contribution is -2.34. The molecule has 1 amide bonds. The minimum absolute atomic E-state index is 0.0296. The van der Waals surface area contributed by atoms with Gasteiger partial charge in [0, 0.05) is 6.54 Å². The van der Waals surface area contributed by atoms with Crippen LogP contribution in [0.25, 0.3) is 10.9 Å². The number of nitrogens with zero attached hydrogens (tertiary/aromatic N) is 2. The van der Waals surface area contributed by atoms with Crippen molar-refractivity contribution >= 4 is 16.8 Å². The molecule has 5 nitrogen and oxygen atoms in total. The van der Waals surface area contributed by atoms with Crippen molar-refractivity contribution in [3.8, 4) is 0 Å². The number of hydrogen-bond donors (Lipinski definition) is 1. The van der Waals surface area contributed by atoms with Gasteiger partial charge in [-0.2, -0.15) is 0 Å². The van der Waals surface area contributed by atoms with E-state index in [0.29, 0.717) is 17.4 Å². The number of aromatic nitrogens is 2. The van der Waals surface area contributed by atoms with Crippen LogP contribution in [0, 0.1) is 0 Å². The highest BCUT2D eigenvalue weighted by Gasteiger charge is 2.10. The molecule has 1 aromatic heterocycles. The van der Waals surface area contributed by atoms with E-state index in [0.717, 1.165) is 0 Å². The van der Waals surface area contributed by atoms with Crippen LogP contribution in [0.4, 0.5) is 0 Å². The lowest BCUT2D eigenvalue weighted by molar-refractivity contribution is -0.121. The summed E-state index contributed by atoms with van der Waals surface area (Å²) in [5.74, 6) is 0.0126. The van der Waals surface area contributed by atoms with Crippen LogP contribution in [0.2, 0.25) is 0 Å². The Kier molecular flexibility index (Phi) is 4.70. The third kappa shape index (κ3) is 3.51. The SMILES string of the molecule is C[C@@H](CNC(=O)Cn1cnc2ccccc2c1=O)c1ccccc1. The third-order valence-electron chi connectivity index (χ3n) is 4.02. The van der Waals surface area contributed by atoms with Gasteiger partial charge in [-0.05, 0) is 23.6 Å². The van der Waals surface area contributed by atoms with E-state index in [1.54, 1.807) is 18.2 Å². The molecular weight excluding hydrogens is 302 g/mol. The quantitative estimate of drug-likeness (QED) is 0.784. The number of hydrogen-bond acceptors (Lipinski definition) is 3. The molecule has 3 rings (SSSR count). The molecule has 24 heavy (non-hydrogen) atoms. The first-order valence-electron chi connectivity index (χ1n) is 7.91. The summed E-state index contributed by atoms with van der Waals surface area (Å²) in [4.78, 5) is 28.7. The molecule has 0 bridgehead atoms. The molecule has 0 spiro atoms. The maximum absolute atomic E-state index is 12.4. The molecule has 122 valence electrons. The Morgan fingerprint density at radius 3 is 2.62 bits per heavy atom. The molecular formula is C19H19N3O2. The van der Waals surface area contributed by atoms with Crippen LogP contribution >= 0.6 is 0 Å².